The van der Waals surface area contributed by atoms with E-state index in [0.717, 1.165) is 44.9 Å². The lowest BCUT2D eigenvalue weighted by molar-refractivity contribution is -0.146. The van der Waals surface area contributed by atoms with Gasteiger partial charge in [-0.1, -0.05) is 235 Å². The molecule has 0 radical (unpaired) electrons. The minimum Gasteiger partial charge on any atom is -0.462 e. The molecule has 0 bridgehead atoms. The van der Waals surface area contributed by atoms with E-state index in [-0.39, 0.29) is 126 Å². The Balaban J connectivity index is 0.000000164. The van der Waals surface area contributed by atoms with Gasteiger partial charge in [-0.15, -0.1) is 0 Å². The smallest absolute Gasteiger partial charge is 0.309 e. The first-order valence-electron chi connectivity index (χ1n) is 47.3. The van der Waals surface area contributed by atoms with E-state index in [0.29, 0.717) is 79.3 Å². The molecule has 0 aromatic carbocycles. The Labute approximate surface area is 683 Å². The maximum absolute atomic E-state index is 11.5. The molecule has 0 aromatic rings. The molecule has 2 unspecified atom stereocenters. The summed E-state index contributed by atoms with van der Waals surface area (Å²) in [6.07, 6.45) is 53.3. The number of rotatable bonds is 21. The van der Waals surface area contributed by atoms with Crippen molar-refractivity contribution in [3.05, 3.63) is 0 Å². The Morgan fingerprint density at radius 2 is 0.321 bits per heavy atom. The second kappa shape index (κ2) is 41.3. The van der Waals surface area contributed by atoms with Crippen molar-refractivity contribution in [2.24, 2.45) is 121 Å². The van der Waals surface area contributed by atoms with Gasteiger partial charge in [-0.25, -0.2) is 0 Å². The van der Waals surface area contributed by atoms with Gasteiger partial charge >= 0.3 is 41.8 Å². The van der Waals surface area contributed by atoms with E-state index in [1.165, 1.54) is 225 Å². The quantitative estimate of drug-likeness (QED) is 0.0781. The van der Waals surface area contributed by atoms with Crippen LogP contribution in [0.5, 0.6) is 0 Å². The second-order valence-electron chi connectivity index (χ2n) is 42.6. The number of ether oxygens (including phenoxy) is 7. The number of fused-ring (bicyclic) bond motifs is 7. The standard InChI is InChI=1S/7C14H24O2/c7*1-4-5-7-14(3)8-6-11-10(2)13(15)16-12(11)9-14/h7*10-12H,4-9H2,1-3H3/t10-,11+,12-,14?;10-,11+,12-,14+;10-,11+,12-,14-;10-,11-,12+,14?;10-,11-,12+,14+;2*10-,11-,12+,14-/m1000110/s1. The van der Waals surface area contributed by atoms with Crippen LogP contribution in [-0.2, 0) is 66.7 Å². The van der Waals surface area contributed by atoms with E-state index in [1.807, 2.05) is 48.5 Å². The van der Waals surface area contributed by atoms with Gasteiger partial charge in [-0.3, -0.25) is 33.6 Å². The van der Waals surface area contributed by atoms with Gasteiger partial charge in [-0.05, 0) is 218 Å². The molecule has 14 fully saturated rings. The fourth-order valence-corrected chi connectivity index (χ4v) is 23.8. The summed E-state index contributed by atoms with van der Waals surface area (Å²) in [5, 5.41) is 0. The predicted molar refractivity (Wildman–Crippen MR) is 448 cm³/mol. The van der Waals surface area contributed by atoms with Gasteiger partial charge in [0.1, 0.15) is 42.7 Å². The topological polar surface area (TPSA) is 184 Å². The summed E-state index contributed by atoms with van der Waals surface area (Å²) in [6.45, 7) is 46.5. The Kier molecular flexibility index (Phi) is 34.6. The molecule has 7 saturated carbocycles. The summed E-state index contributed by atoms with van der Waals surface area (Å²) in [4.78, 5) is 80.8. The number of esters is 7. The fourth-order valence-electron chi connectivity index (χ4n) is 23.8. The highest BCUT2D eigenvalue weighted by Gasteiger charge is 2.55. The van der Waals surface area contributed by atoms with Gasteiger partial charge in [0.2, 0.25) is 0 Å². The van der Waals surface area contributed by atoms with Gasteiger partial charge in [0, 0.05) is 41.4 Å². The fraction of sp³-hybridized carbons (Fsp3) is 0.929. The Morgan fingerprint density at radius 1 is 0.214 bits per heavy atom. The van der Waals surface area contributed by atoms with E-state index in [9.17, 15) is 33.6 Å². The minimum absolute atomic E-state index is 0.0368. The molecule has 0 aromatic heterocycles. The van der Waals surface area contributed by atoms with Crippen LogP contribution in [0.25, 0.3) is 0 Å². The zero-order valence-electron chi connectivity index (χ0n) is 75.5. The molecule has 7 heterocycles. The third kappa shape index (κ3) is 24.3. The first-order chi connectivity index (χ1) is 52.9. The Hall–Kier alpha value is -3.71. The molecule has 644 valence electrons. The molecular weight excluding hydrogens is 1400 g/mol. The average Bonchev–Trinajstić information content (AvgIpc) is 1.68. The van der Waals surface area contributed by atoms with E-state index in [4.69, 9.17) is 33.2 Å². The summed E-state index contributed by atoms with van der Waals surface area (Å²) in [7, 11) is 0. The molecule has 0 N–H and O–H groups in total. The van der Waals surface area contributed by atoms with E-state index >= 15 is 0 Å². The molecule has 7 saturated heterocycles. The van der Waals surface area contributed by atoms with Gasteiger partial charge in [0.25, 0.3) is 0 Å². The van der Waals surface area contributed by atoms with Crippen molar-refractivity contribution in [1.82, 2.24) is 0 Å². The number of carbonyl (C=O) groups excluding carboxylic acids is 7. The lowest BCUT2D eigenvalue weighted by atomic mass is 9.66. The maximum atomic E-state index is 11.5. The number of carbonyl (C=O) groups is 7. The van der Waals surface area contributed by atoms with E-state index in [2.05, 4.69) is 96.9 Å². The SMILES string of the molecule is CCCCC1(C)CC[C@@H]2[C@@H](C1)OC(=O)[C@@H]2C.CCCCC1(C)CC[C@H]2[C@H](C)C(=O)O[C@@H]2C1.CCCC[C@@]1(C)CC[C@H]2[C@H](C)C(=O)O[C@@H]2C1.CCCC[C@@]1(C)CC[C@H]2[C@H](C1)OC(=O)[C@@H]2C.CCCC[C@@]1(C)CC[C@H]2[C@H](C1)OC(=O)[C@H]2C.CCCC[C@]1(C)CC[C@H]2[C@H](C1)OC(=O)[C@@H]2C.CCCC[C@]1(C)CC[C@H]2[C@H](C1)OC(=O)[C@H]2C. The highest BCUT2D eigenvalue weighted by atomic mass is 16.6. The average molecular weight is 1570 g/mol. The van der Waals surface area contributed by atoms with Crippen molar-refractivity contribution in [3.8, 4) is 0 Å². The zero-order valence-corrected chi connectivity index (χ0v) is 75.5. The van der Waals surface area contributed by atoms with Crippen molar-refractivity contribution in [2.45, 2.75) is 458 Å². The molecule has 7 aliphatic heterocycles. The molecule has 0 amide bonds. The second-order valence-corrected chi connectivity index (χ2v) is 42.6. The minimum atomic E-state index is 0.0368. The van der Waals surface area contributed by atoms with Crippen LogP contribution in [-0.4, -0.2) is 84.5 Å². The molecule has 28 atom stereocenters. The van der Waals surface area contributed by atoms with Crippen LogP contribution in [0.15, 0.2) is 0 Å². The van der Waals surface area contributed by atoms with Gasteiger partial charge in [-0.2, -0.15) is 0 Å². The van der Waals surface area contributed by atoms with Crippen LogP contribution in [0, 0.1) is 121 Å². The Bertz CT molecular complexity index is 2470. The first kappa shape index (κ1) is 93.8. The van der Waals surface area contributed by atoms with Gasteiger partial charge < -0.3 is 33.2 Å². The van der Waals surface area contributed by atoms with Crippen molar-refractivity contribution in [1.29, 1.82) is 0 Å². The highest BCUT2D eigenvalue weighted by molar-refractivity contribution is 5.77. The largest absolute Gasteiger partial charge is 0.462 e. The van der Waals surface area contributed by atoms with E-state index in [1.54, 1.807) is 0 Å². The van der Waals surface area contributed by atoms with Crippen LogP contribution in [0.4, 0.5) is 0 Å². The monoisotopic (exact) mass is 1570 g/mol. The van der Waals surface area contributed by atoms with Gasteiger partial charge in [0.15, 0.2) is 0 Å². The molecule has 14 nitrogen and oxygen atoms in total. The molecule has 0 spiro atoms. The number of unbranched alkanes of at least 4 members (excludes halogenated alkanes) is 7. The Morgan fingerprint density at radius 3 is 0.420 bits per heavy atom. The first-order valence-corrected chi connectivity index (χ1v) is 47.3. The number of hydrogen-bond donors (Lipinski definition) is 0. The summed E-state index contributed by atoms with van der Waals surface area (Å²) >= 11 is 0. The van der Waals surface area contributed by atoms with Crippen LogP contribution in [0.2, 0.25) is 0 Å². The van der Waals surface area contributed by atoms with Crippen molar-refractivity contribution in [2.75, 3.05) is 0 Å². The van der Waals surface area contributed by atoms with Crippen LogP contribution in [0.1, 0.15) is 415 Å². The lowest BCUT2D eigenvalue weighted by Crippen LogP contribution is -2.34. The lowest BCUT2D eigenvalue weighted by Gasteiger charge is -2.39. The van der Waals surface area contributed by atoms with Crippen molar-refractivity contribution >= 4 is 41.8 Å². The molecule has 7 aliphatic carbocycles. The van der Waals surface area contributed by atoms with Gasteiger partial charge in [0.05, 0.1) is 41.4 Å². The van der Waals surface area contributed by atoms with Crippen LogP contribution < -0.4 is 0 Å². The molecule has 14 heteroatoms. The summed E-state index contributed by atoms with van der Waals surface area (Å²) in [6, 6.07) is 0. The summed E-state index contributed by atoms with van der Waals surface area (Å²) in [5.41, 5.74) is 2.93. The third-order valence-electron chi connectivity index (χ3n) is 32.7. The zero-order chi connectivity index (χ0) is 82.3. The normalized spacial score (nSPS) is 42.9. The summed E-state index contributed by atoms with van der Waals surface area (Å²) < 4.78 is 38.6. The molecule has 112 heavy (non-hydrogen) atoms. The van der Waals surface area contributed by atoms with Crippen LogP contribution >= 0.6 is 0 Å². The van der Waals surface area contributed by atoms with E-state index < -0.39 is 0 Å². The summed E-state index contributed by atoms with van der Waals surface area (Å²) in [5.74, 6) is 4.75. The highest BCUT2D eigenvalue weighted by Crippen LogP contribution is 2.56. The van der Waals surface area contributed by atoms with Crippen molar-refractivity contribution in [3.63, 3.8) is 0 Å². The molecule has 14 aliphatic rings. The van der Waals surface area contributed by atoms with Crippen LogP contribution in [0.3, 0.4) is 0 Å². The molecular formula is C98H168O14. The number of hydrogen-bond acceptors (Lipinski definition) is 14. The predicted octanol–water partition coefficient (Wildman–Crippen LogP) is 24.8. The van der Waals surface area contributed by atoms with Crippen molar-refractivity contribution < 1.29 is 66.7 Å². The maximum Gasteiger partial charge on any atom is 0.309 e. The molecule has 14 rings (SSSR count). The third-order valence-corrected chi connectivity index (χ3v) is 32.7.